The second-order valence-electron chi connectivity index (χ2n) is 2.45. The number of hydrogen-bond donors (Lipinski definition) is 0. The SMILES string of the molecule is Cc1cc(Br)ccc1OCCF. The number of ether oxygens (including phenoxy) is 1. The Hall–Kier alpha value is -0.570. The van der Waals surface area contributed by atoms with E-state index < -0.39 is 6.67 Å². The molecule has 0 heterocycles. The van der Waals surface area contributed by atoms with Gasteiger partial charge in [-0.05, 0) is 30.7 Å². The van der Waals surface area contributed by atoms with Crippen LogP contribution in [0, 0.1) is 6.92 Å². The van der Waals surface area contributed by atoms with Crippen molar-refractivity contribution >= 4 is 15.9 Å². The van der Waals surface area contributed by atoms with Crippen molar-refractivity contribution in [1.29, 1.82) is 0 Å². The molecular formula is C9H10BrFO. The Morgan fingerprint density at radius 1 is 1.50 bits per heavy atom. The minimum absolute atomic E-state index is 0.127. The van der Waals surface area contributed by atoms with Crippen LogP contribution in [-0.2, 0) is 0 Å². The standard InChI is InChI=1S/C9H10BrFO/c1-7-6-8(10)2-3-9(7)12-5-4-11/h2-3,6H,4-5H2,1H3. The summed E-state index contributed by atoms with van der Waals surface area (Å²) in [7, 11) is 0. The normalized spacial score (nSPS) is 9.92. The van der Waals surface area contributed by atoms with Crippen molar-refractivity contribution in [3.8, 4) is 5.75 Å². The lowest BCUT2D eigenvalue weighted by molar-refractivity contribution is 0.272. The molecule has 0 N–H and O–H groups in total. The summed E-state index contributed by atoms with van der Waals surface area (Å²) in [5, 5.41) is 0. The number of rotatable bonds is 3. The van der Waals surface area contributed by atoms with Crippen molar-refractivity contribution in [2.75, 3.05) is 13.3 Å². The second-order valence-corrected chi connectivity index (χ2v) is 3.36. The first-order valence-electron chi connectivity index (χ1n) is 3.69. The van der Waals surface area contributed by atoms with Crippen LogP contribution in [0.25, 0.3) is 0 Å². The lowest BCUT2D eigenvalue weighted by Gasteiger charge is -2.06. The van der Waals surface area contributed by atoms with Crippen molar-refractivity contribution in [2.45, 2.75) is 6.92 Å². The van der Waals surface area contributed by atoms with Gasteiger partial charge in [0.25, 0.3) is 0 Å². The molecule has 1 rings (SSSR count). The molecule has 0 saturated heterocycles. The molecule has 1 aromatic carbocycles. The van der Waals surface area contributed by atoms with Crippen LogP contribution >= 0.6 is 15.9 Å². The van der Waals surface area contributed by atoms with Crippen molar-refractivity contribution < 1.29 is 9.13 Å². The van der Waals surface area contributed by atoms with E-state index in [0.29, 0.717) is 0 Å². The molecule has 0 atom stereocenters. The van der Waals surface area contributed by atoms with Gasteiger partial charge in [0.15, 0.2) is 0 Å². The van der Waals surface area contributed by atoms with E-state index in [1.165, 1.54) is 0 Å². The van der Waals surface area contributed by atoms with Gasteiger partial charge in [0.2, 0.25) is 0 Å². The number of hydrogen-bond acceptors (Lipinski definition) is 1. The van der Waals surface area contributed by atoms with Gasteiger partial charge in [-0.15, -0.1) is 0 Å². The van der Waals surface area contributed by atoms with Crippen molar-refractivity contribution in [3.05, 3.63) is 28.2 Å². The Bertz CT molecular complexity index is 263. The fraction of sp³-hybridized carbons (Fsp3) is 0.333. The summed E-state index contributed by atoms with van der Waals surface area (Å²) < 4.78 is 17.9. The molecule has 1 nitrogen and oxygen atoms in total. The zero-order chi connectivity index (χ0) is 8.97. The first-order valence-corrected chi connectivity index (χ1v) is 4.48. The van der Waals surface area contributed by atoms with Crippen LogP contribution in [0.15, 0.2) is 22.7 Å². The average molecular weight is 233 g/mol. The monoisotopic (exact) mass is 232 g/mol. The molecule has 0 aromatic heterocycles. The topological polar surface area (TPSA) is 9.23 Å². The summed E-state index contributed by atoms with van der Waals surface area (Å²) in [6.07, 6.45) is 0. The number of benzene rings is 1. The van der Waals surface area contributed by atoms with Gasteiger partial charge < -0.3 is 4.74 Å². The van der Waals surface area contributed by atoms with Gasteiger partial charge in [0.05, 0.1) is 0 Å². The Labute approximate surface area is 79.7 Å². The molecule has 12 heavy (non-hydrogen) atoms. The highest BCUT2D eigenvalue weighted by Gasteiger charge is 1.98. The van der Waals surface area contributed by atoms with Gasteiger partial charge in [-0.2, -0.15) is 0 Å². The second kappa shape index (κ2) is 4.45. The van der Waals surface area contributed by atoms with Gasteiger partial charge in [-0.25, -0.2) is 4.39 Å². The first-order chi connectivity index (χ1) is 5.74. The summed E-state index contributed by atoms with van der Waals surface area (Å²) >= 11 is 3.33. The van der Waals surface area contributed by atoms with Crippen LogP contribution in [0.5, 0.6) is 5.75 Å². The molecule has 0 radical (unpaired) electrons. The van der Waals surface area contributed by atoms with Gasteiger partial charge in [-0.1, -0.05) is 15.9 Å². The van der Waals surface area contributed by atoms with Crippen molar-refractivity contribution in [1.82, 2.24) is 0 Å². The predicted molar refractivity (Wildman–Crippen MR) is 50.3 cm³/mol. The Kier molecular flexibility index (Phi) is 3.53. The highest BCUT2D eigenvalue weighted by molar-refractivity contribution is 9.10. The highest BCUT2D eigenvalue weighted by Crippen LogP contribution is 2.21. The molecule has 0 aliphatic carbocycles. The molecule has 0 amide bonds. The summed E-state index contributed by atoms with van der Waals surface area (Å²) in [5.74, 6) is 0.746. The zero-order valence-corrected chi connectivity index (χ0v) is 8.40. The first kappa shape index (κ1) is 9.52. The Balaban J connectivity index is 2.72. The van der Waals surface area contributed by atoms with E-state index in [1.807, 2.05) is 25.1 Å². The van der Waals surface area contributed by atoms with E-state index in [1.54, 1.807) is 0 Å². The number of aryl methyl sites for hydroxylation is 1. The van der Waals surface area contributed by atoms with E-state index in [-0.39, 0.29) is 6.61 Å². The average Bonchev–Trinajstić information content (AvgIpc) is 2.03. The minimum Gasteiger partial charge on any atom is -0.491 e. The predicted octanol–water partition coefficient (Wildman–Crippen LogP) is 3.11. The van der Waals surface area contributed by atoms with Gasteiger partial charge in [0.1, 0.15) is 19.0 Å². The molecule has 0 unspecified atom stereocenters. The Morgan fingerprint density at radius 3 is 2.83 bits per heavy atom. The molecule has 0 saturated carbocycles. The molecule has 3 heteroatoms. The van der Waals surface area contributed by atoms with E-state index in [4.69, 9.17) is 4.74 Å². The van der Waals surface area contributed by atoms with Crippen LogP contribution in [0.4, 0.5) is 4.39 Å². The van der Waals surface area contributed by atoms with Gasteiger partial charge in [0, 0.05) is 4.47 Å². The fourth-order valence-electron chi connectivity index (χ4n) is 0.923. The van der Waals surface area contributed by atoms with Gasteiger partial charge in [-0.3, -0.25) is 0 Å². The zero-order valence-electron chi connectivity index (χ0n) is 6.81. The van der Waals surface area contributed by atoms with Crippen LogP contribution in [0.1, 0.15) is 5.56 Å². The summed E-state index contributed by atoms with van der Waals surface area (Å²) in [6.45, 7) is 1.61. The quantitative estimate of drug-likeness (QED) is 0.779. The summed E-state index contributed by atoms with van der Waals surface area (Å²) in [5.41, 5.74) is 1.01. The third kappa shape index (κ3) is 2.48. The molecule has 66 valence electrons. The molecular weight excluding hydrogens is 223 g/mol. The third-order valence-electron chi connectivity index (χ3n) is 1.47. The number of alkyl halides is 1. The molecule has 0 spiro atoms. The molecule has 0 fully saturated rings. The minimum atomic E-state index is -0.449. The van der Waals surface area contributed by atoms with E-state index >= 15 is 0 Å². The van der Waals surface area contributed by atoms with Crippen LogP contribution in [-0.4, -0.2) is 13.3 Å². The Morgan fingerprint density at radius 2 is 2.25 bits per heavy atom. The highest BCUT2D eigenvalue weighted by atomic mass is 79.9. The van der Waals surface area contributed by atoms with Crippen molar-refractivity contribution in [3.63, 3.8) is 0 Å². The third-order valence-corrected chi connectivity index (χ3v) is 1.96. The van der Waals surface area contributed by atoms with Gasteiger partial charge >= 0.3 is 0 Å². The van der Waals surface area contributed by atoms with Crippen LogP contribution in [0.3, 0.4) is 0 Å². The van der Waals surface area contributed by atoms with Crippen molar-refractivity contribution in [2.24, 2.45) is 0 Å². The lowest BCUT2D eigenvalue weighted by atomic mass is 10.2. The van der Waals surface area contributed by atoms with Crippen LogP contribution in [0.2, 0.25) is 0 Å². The molecule has 0 bridgehead atoms. The van der Waals surface area contributed by atoms with E-state index in [0.717, 1.165) is 15.8 Å². The van der Waals surface area contributed by atoms with Crippen LogP contribution < -0.4 is 4.74 Å². The summed E-state index contributed by atoms with van der Waals surface area (Å²) in [6, 6.07) is 5.64. The molecule has 0 aliphatic rings. The lowest BCUT2D eigenvalue weighted by Crippen LogP contribution is -1.99. The maximum Gasteiger partial charge on any atom is 0.123 e. The van der Waals surface area contributed by atoms with E-state index in [2.05, 4.69) is 15.9 Å². The number of halogens is 2. The largest absolute Gasteiger partial charge is 0.491 e. The molecule has 0 aliphatic heterocycles. The summed E-state index contributed by atoms with van der Waals surface area (Å²) in [4.78, 5) is 0. The maximum absolute atomic E-state index is 11.8. The maximum atomic E-state index is 11.8. The smallest absolute Gasteiger partial charge is 0.123 e. The molecule has 1 aromatic rings. The fourth-order valence-corrected chi connectivity index (χ4v) is 1.40. The van der Waals surface area contributed by atoms with E-state index in [9.17, 15) is 4.39 Å².